The Labute approximate surface area is 162 Å². The molecule has 0 spiro atoms. The van der Waals surface area contributed by atoms with Crippen LogP contribution in [-0.2, 0) is 0 Å². The van der Waals surface area contributed by atoms with E-state index in [1.165, 1.54) is 0 Å². The molecule has 4 rings (SSSR count). The molecule has 0 radical (unpaired) electrons. The summed E-state index contributed by atoms with van der Waals surface area (Å²) in [4.78, 5) is 19.3. The zero-order chi connectivity index (χ0) is 19.0. The standard InChI is InChI=1S/C20H22N4O2S/c1-12-19(13(2)26-23-12)18-8-5-9-24(18)20(25)22-16-7-4-6-15(10-16)17-11-27-14(3)21-17/h4,6-7,10-11,18H,5,8-9H2,1-3H3,(H,22,25)/t18-/m1/s1. The van der Waals surface area contributed by atoms with Crippen molar-refractivity contribution in [3.63, 3.8) is 0 Å². The Hall–Kier alpha value is -2.67. The quantitative estimate of drug-likeness (QED) is 0.685. The monoisotopic (exact) mass is 382 g/mol. The lowest BCUT2D eigenvalue weighted by Gasteiger charge is -2.25. The highest BCUT2D eigenvalue weighted by molar-refractivity contribution is 7.09. The topological polar surface area (TPSA) is 71.3 Å². The van der Waals surface area contributed by atoms with Crippen LogP contribution in [0.5, 0.6) is 0 Å². The minimum atomic E-state index is -0.0934. The van der Waals surface area contributed by atoms with Gasteiger partial charge in [-0.15, -0.1) is 11.3 Å². The van der Waals surface area contributed by atoms with Gasteiger partial charge in [0.15, 0.2) is 0 Å². The number of nitrogens with one attached hydrogen (secondary N) is 1. The Morgan fingerprint density at radius 3 is 2.89 bits per heavy atom. The third-order valence-electron chi connectivity index (χ3n) is 4.96. The van der Waals surface area contributed by atoms with Crippen LogP contribution in [0.1, 0.15) is 40.9 Å². The third-order valence-corrected chi connectivity index (χ3v) is 5.74. The van der Waals surface area contributed by atoms with Crippen molar-refractivity contribution < 1.29 is 9.32 Å². The first-order valence-electron chi connectivity index (χ1n) is 9.06. The molecule has 0 aliphatic carbocycles. The van der Waals surface area contributed by atoms with E-state index in [9.17, 15) is 4.79 Å². The van der Waals surface area contributed by atoms with Gasteiger partial charge in [-0.05, 0) is 45.7 Å². The molecule has 140 valence electrons. The Morgan fingerprint density at radius 2 is 2.19 bits per heavy atom. The van der Waals surface area contributed by atoms with Crippen LogP contribution in [0.25, 0.3) is 11.3 Å². The molecule has 3 heterocycles. The lowest BCUT2D eigenvalue weighted by molar-refractivity contribution is 0.206. The number of carbonyl (C=O) groups excluding carboxylic acids is 1. The molecule has 0 unspecified atom stereocenters. The number of hydrogen-bond donors (Lipinski definition) is 1. The molecule has 1 saturated heterocycles. The van der Waals surface area contributed by atoms with Gasteiger partial charge in [0.1, 0.15) is 5.76 Å². The molecule has 1 fully saturated rings. The molecule has 1 aliphatic rings. The van der Waals surface area contributed by atoms with Crippen molar-refractivity contribution in [2.75, 3.05) is 11.9 Å². The Kier molecular flexibility index (Phi) is 4.70. The maximum atomic E-state index is 12.9. The molecule has 2 aromatic heterocycles. The van der Waals surface area contributed by atoms with Crippen LogP contribution >= 0.6 is 11.3 Å². The summed E-state index contributed by atoms with van der Waals surface area (Å²) in [5, 5.41) is 10.1. The van der Waals surface area contributed by atoms with E-state index in [1.807, 2.05) is 55.3 Å². The van der Waals surface area contributed by atoms with Crippen LogP contribution in [0.4, 0.5) is 10.5 Å². The minimum Gasteiger partial charge on any atom is -0.361 e. The first kappa shape index (κ1) is 17.7. The lowest BCUT2D eigenvalue weighted by Crippen LogP contribution is -2.34. The summed E-state index contributed by atoms with van der Waals surface area (Å²) in [5.41, 5.74) is 4.60. The first-order chi connectivity index (χ1) is 13.0. The Balaban J connectivity index is 1.54. The maximum Gasteiger partial charge on any atom is 0.322 e. The fourth-order valence-electron chi connectivity index (χ4n) is 3.72. The number of urea groups is 1. The van der Waals surface area contributed by atoms with E-state index in [4.69, 9.17) is 4.52 Å². The van der Waals surface area contributed by atoms with E-state index >= 15 is 0 Å². The van der Waals surface area contributed by atoms with Crippen LogP contribution < -0.4 is 5.32 Å². The van der Waals surface area contributed by atoms with Crippen molar-refractivity contribution in [1.29, 1.82) is 0 Å². The van der Waals surface area contributed by atoms with Crippen molar-refractivity contribution >= 4 is 23.1 Å². The molecule has 0 bridgehead atoms. The molecular formula is C20H22N4O2S. The number of rotatable bonds is 3. The van der Waals surface area contributed by atoms with E-state index in [0.717, 1.165) is 58.4 Å². The first-order valence-corrected chi connectivity index (χ1v) is 9.94. The zero-order valence-corrected chi connectivity index (χ0v) is 16.5. The fraction of sp³-hybridized carbons (Fsp3) is 0.350. The van der Waals surface area contributed by atoms with E-state index in [0.29, 0.717) is 0 Å². The normalized spacial score (nSPS) is 16.7. The minimum absolute atomic E-state index is 0.0145. The van der Waals surface area contributed by atoms with Crippen molar-refractivity contribution in [3.8, 4) is 11.3 Å². The Morgan fingerprint density at radius 1 is 1.33 bits per heavy atom. The third kappa shape index (κ3) is 3.47. The van der Waals surface area contributed by atoms with Gasteiger partial charge in [0.05, 0.1) is 22.4 Å². The van der Waals surface area contributed by atoms with E-state index in [-0.39, 0.29) is 12.1 Å². The average molecular weight is 382 g/mol. The lowest BCUT2D eigenvalue weighted by atomic mass is 10.0. The second-order valence-corrected chi connectivity index (χ2v) is 7.91. The highest BCUT2D eigenvalue weighted by atomic mass is 32.1. The number of likely N-dealkylation sites (tertiary alicyclic amines) is 1. The fourth-order valence-corrected chi connectivity index (χ4v) is 4.35. The molecule has 1 atom stereocenters. The zero-order valence-electron chi connectivity index (χ0n) is 15.7. The van der Waals surface area contributed by atoms with Crippen LogP contribution in [0.3, 0.4) is 0 Å². The number of nitrogens with zero attached hydrogens (tertiary/aromatic N) is 3. The number of hydrogen-bond acceptors (Lipinski definition) is 5. The Bertz CT molecular complexity index is 959. The SMILES string of the molecule is Cc1nc(-c2cccc(NC(=O)N3CCC[C@@H]3c3c(C)noc3C)c2)cs1. The summed E-state index contributed by atoms with van der Waals surface area (Å²) in [6.07, 6.45) is 1.90. The molecule has 3 aromatic rings. The second kappa shape index (κ2) is 7.15. The summed E-state index contributed by atoms with van der Waals surface area (Å²) >= 11 is 1.62. The maximum absolute atomic E-state index is 12.9. The van der Waals surface area contributed by atoms with Gasteiger partial charge in [0, 0.05) is 28.7 Å². The van der Waals surface area contributed by atoms with Crippen LogP contribution in [0, 0.1) is 20.8 Å². The van der Waals surface area contributed by atoms with Gasteiger partial charge in [-0.2, -0.15) is 0 Å². The predicted octanol–water partition coefficient (Wildman–Crippen LogP) is 5.09. The van der Waals surface area contributed by atoms with Crippen molar-refractivity contribution in [2.45, 2.75) is 39.7 Å². The molecule has 1 N–H and O–H groups in total. The summed E-state index contributed by atoms with van der Waals surface area (Å²) in [7, 11) is 0. The number of aromatic nitrogens is 2. The molecule has 0 saturated carbocycles. The van der Waals surface area contributed by atoms with Gasteiger partial charge in [-0.1, -0.05) is 17.3 Å². The predicted molar refractivity (Wildman–Crippen MR) is 106 cm³/mol. The number of thiazole rings is 1. The molecule has 27 heavy (non-hydrogen) atoms. The number of carbonyl (C=O) groups is 1. The summed E-state index contributed by atoms with van der Waals surface area (Å²) in [5.74, 6) is 0.790. The van der Waals surface area contributed by atoms with Gasteiger partial charge in [0.2, 0.25) is 0 Å². The van der Waals surface area contributed by atoms with Crippen LogP contribution in [0.15, 0.2) is 34.2 Å². The second-order valence-electron chi connectivity index (χ2n) is 6.85. The number of amides is 2. The highest BCUT2D eigenvalue weighted by Crippen LogP contribution is 2.36. The number of aryl methyl sites for hydroxylation is 3. The van der Waals surface area contributed by atoms with Crippen LogP contribution in [0.2, 0.25) is 0 Å². The van der Waals surface area contributed by atoms with Gasteiger partial charge >= 0.3 is 6.03 Å². The molecule has 2 amide bonds. The molecule has 1 aliphatic heterocycles. The summed E-state index contributed by atoms with van der Waals surface area (Å²) < 4.78 is 5.31. The van der Waals surface area contributed by atoms with Gasteiger partial charge in [0.25, 0.3) is 0 Å². The molecule has 7 heteroatoms. The van der Waals surface area contributed by atoms with E-state index in [1.54, 1.807) is 11.3 Å². The molecule has 1 aromatic carbocycles. The van der Waals surface area contributed by atoms with E-state index in [2.05, 4.69) is 15.5 Å². The number of anilines is 1. The van der Waals surface area contributed by atoms with Crippen molar-refractivity contribution in [2.24, 2.45) is 0 Å². The van der Waals surface area contributed by atoms with Gasteiger partial charge in [-0.3, -0.25) is 0 Å². The van der Waals surface area contributed by atoms with Crippen molar-refractivity contribution in [3.05, 3.63) is 51.7 Å². The largest absolute Gasteiger partial charge is 0.361 e. The van der Waals surface area contributed by atoms with Crippen LogP contribution in [-0.4, -0.2) is 27.6 Å². The molecular weight excluding hydrogens is 360 g/mol. The summed E-state index contributed by atoms with van der Waals surface area (Å²) in [6.45, 7) is 6.55. The van der Waals surface area contributed by atoms with Gasteiger partial charge in [-0.25, -0.2) is 9.78 Å². The van der Waals surface area contributed by atoms with E-state index < -0.39 is 0 Å². The smallest absolute Gasteiger partial charge is 0.322 e. The number of benzene rings is 1. The summed E-state index contributed by atoms with van der Waals surface area (Å²) in [6, 6.07) is 7.74. The molecule has 6 nitrogen and oxygen atoms in total. The van der Waals surface area contributed by atoms with Crippen molar-refractivity contribution in [1.82, 2.24) is 15.0 Å². The highest BCUT2D eigenvalue weighted by Gasteiger charge is 2.33. The average Bonchev–Trinajstić information content (AvgIpc) is 3.36. The van der Waals surface area contributed by atoms with Gasteiger partial charge < -0.3 is 14.7 Å².